The maximum Gasteiger partial charge on any atom is 0.141 e. The molecular formula is C16H18BrNO2. The highest BCUT2D eigenvalue weighted by Gasteiger charge is 2.12. The minimum Gasteiger partial charge on any atom is -0.497 e. The van der Waals surface area contributed by atoms with Gasteiger partial charge >= 0.3 is 0 Å². The van der Waals surface area contributed by atoms with Crippen molar-refractivity contribution >= 4 is 15.9 Å². The molecule has 0 spiro atoms. The van der Waals surface area contributed by atoms with Gasteiger partial charge in [0.05, 0.1) is 11.6 Å². The smallest absolute Gasteiger partial charge is 0.141 e. The first-order chi connectivity index (χ1) is 9.65. The molecule has 20 heavy (non-hydrogen) atoms. The second kappa shape index (κ2) is 6.77. The van der Waals surface area contributed by atoms with Crippen LogP contribution in [0, 0.1) is 0 Å². The summed E-state index contributed by atoms with van der Waals surface area (Å²) in [6.07, 6.45) is 0.865. The largest absolute Gasteiger partial charge is 0.497 e. The van der Waals surface area contributed by atoms with E-state index in [1.165, 1.54) is 0 Å². The topological polar surface area (TPSA) is 44.5 Å². The highest BCUT2D eigenvalue weighted by molar-refractivity contribution is 9.10. The second-order valence-corrected chi connectivity index (χ2v) is 5.31. The van der Waals surface area contributed by atoms with Gasteiger partial charge in [0.1, 0.15) is 17.2 Å². The Labute approximate surface area is 127 Å². The number of rotatable bonds is 5. The quantitative estimate of drug-likeness (QED) is 0.864. The van der Waals surface area contributed by atoms with Gasteiger partial charge in [-0.2, -0.15) is 0 Å². The number of hydrogen-bond donors (Lipinski definition) is 1. The van der Waals surface area contributed by atoms with Crippen molar-refractivity contribution in [3.05, 3.63) is 52.5 Å². The fourth-order valence-corrected chi connectivity index (χ4v) is 2.35. The molecule has 1 unspecified atom stereocenters. The molecule has 1 atom stereocenters. The number of methoxy groups -OCH3 is 1. The lowest BCUT2D eigenvalue weighted by Gasteiger charge is -2.16. The Morgan fingerprint density at radius 1 is 1.15 bits per heavy atom. The molecule has 0 saturated carbocycles. The first kappa shape index (κ1) is 14.9. The van der Waals surface area contributed by atoms with Crippen LogP contribution in [0.25, 0.3) is 0 Å². The molecule has 0 amide bonds. The van der Waals surface area contributed by atoms with Crippen molar-refractivity contribution in [3.63, 3.8) is 0 Å². The number of ether oxygens (including phenoxy) is 2. The molecule has 0 fully saturated rings. The van der Waals surface area contributed by atoms with Crippen molar-refractivity contribution in [1.29, 1.82) is 0 Å². The van der Waals surface area contributed by atoms with Gasteiger partial charge in [-0.05, 0) is 46.6 Å². The number of para-hydroxylation sites is 1. The zero-order valence-corrected chi connectivity index (χ0v) is 13.2. The summed E-state index contributed by atoms with van der Waals surface area (Å²) in [6.45, 7) is 2.06. The van der Waals surface area contributed by atoms with E-state index in [2.05, 4.69) is 22.9 Å². The van der Waals surface area contributed by atoms with E-state index in [1.807, 2.05) is 42.5 Å². The predicted octanol–water partition coefficient (Wildman–Crippen LogP) is 4.66. The molecule has 0 heterocycles. The van der Waals surface area contributed by atoms with Gasteiger partial charge in [0.2, 0.25) is 0 Å². The maximum absolute atomic E-state index is 6.12. The molecule has 0 aliphatic heterocycles. The van der Waals surface area contributed by atoms with E-state index >= 15 is 0 Å². The van der Waals surface area contributed by atoms with Crippen LogP contribution < -0.4 is 15.2 Å². The van der Waals surface area contributed by atoms with Crippen LogP contribution in [0.5, 0.6) is 17.2 Å². The Kier molecular flexibility index (Phi) is 5.04. The standard InChI is InChI=1S/C16H18BrNO2/c1-3-14(18)12-6-4-5-7-15(12)20-16-9-8-11(19-2)10-13(16)17/h4-10,14H,3,18H2,1-2H3. The average Bonchev–Trinajstić information content (AvgIpc) is 2.49. The Bertz CT molecular complexity index is 586. The van der Waals surface area contributed by atoms with Crippen LogP contribution in [-0.4, -0.2) is 7.11 Å². The van der Waals surface area contributed by atoms with Crippen molar-refractivity contribution in [2.75, 3.05) is 7.11 Å². The van der Waals surface area contributed by atoms with Gasteiger partial charge in [0.25, 0.3) is 0 Å². The Morgan fingerprint density at radius 3 is 2.55 bits per heavy atom. The van der Waals surface area contributed by atoms with E-state index in [-0.39, 0.29) is 6.04 Å². The summed E-state index contributed by atoms with van der Waals surface area (Å²) in [5.74, 6) is 2.30. The van der Waals surface area contributed by atoms with Crippen molar-refractivity contribution < 1.29 is 9.47 Å². The first-order valence-corrected chi connectivity index (χ1v) is 7.31. The van der Waals surface area contributed by atoms with Crippen LogP contribution >= 0.6 is 15.9 Å². The van der Waals surface area contributed by atoms with Gasteiger partial charge in [-0.1, -0.05) is 25.1 Å². The van der Waals surface area contributed by atoms with Gasteiger partial charge in [-0.25, -0.2) is 0 Å². The molecule has 0 saturated heterocycles. The molecule has 2 aromatic rings. The third-order valence-electron chi connectivity index (χ3n) is 3.12. The monoisotopic (exact) mass is 335 g/mol. The second-order valence-electron chi connectivity index (χ2n) is 4.45. The zero-order valence-electron chi connectivity index (χ0n) is 11.6. The third-order valence-corrected chi connectivity index (χ3v) is 3.74. The van der Waals surface area contributed by atoms with E-state index < -0.39 is 0 Å². The van der Waals surface area contributed by atoms with Crippen LogP contribution in [-0.2, 0) is 0 Å². The van der Waals surface area contributed by atoms with Gasteiger partial charge in [0, 0.05) is 11.6 Å². The number of nitrogens with two attached hydrogens (primary N) is 1. The van der Waals surface area contributed by atoms with Crippen molar-refractivity contribution in [2.45, 2.75) is 19.4 Å². The van der Waals surface area contributed by atoms with Gasteiger partial charge in [-0.15, -0.1) is 0 Å². The molecule has 4 heteroatoms. The molecular weight excluding hydrogens is 318 g/mol. The number of benzene rings is 2. The highest BCUT2D eigenvalue weighted by Crippen LogP contribution is 2.35. The lowest BCUT2D eigenvalue weighted by atomic mass is 10.0. The van der Waals surface area contributed by atoms with Gasteiger partial charge < -0.3 is 15.2 Å². The molecule has 0 aliphatic carbocycles. The summed E-state index contributed by atoms with van der Waals surface area (Å²) in [5.41, 5.74) is 7.13. The normalized spacial score (nSPS) is 12.0. The summed E-state index contributed by atoms with van der Waals surface area (Å²) < 4.78 is 12.0. The lowest BCUT2D eigenvalue weighted by molar-refractivity contribution is 0.411. The molecule has 0 radical (unpaired) electrons. The third kappa shape index (κ3) is 3.32. The molecule has 0 aliphatic rings. The predicted molar refractivity (Wildman–Crippen MR) is 84.4 cm³/mol. The summed E-state index contributed by atoms with van der Waals surface area (Å²) in [6, 6.07) is 13.4. The lowest BCUT2D eigenvalue weighted by Crippen LogP contribution is -2.09. The van der Waals surface area contributed by atoms with Crippen molar-refractivity contribution in [2.24, 2.45) is 5.73 Å². The van der Waals surface area contributed by atoms with Crippen molar-refractivity contribution in [3.8, 4) is 17.2 Å². The fourth-order valence-electron chi connectivity index (χ4n) is 1.91. The zero-order chi connectivity index (χ0) is 14.5. The molecule has 106 valence electrons. The van der Waals surface area contributed by atoms with E-state index in [4.69, 9.17) is 15.2 Å². The first-order valence-electron chi connectivity index (χ1n) is 6.51. The Hall–Kier alpha value is -1.52. The fraction of sp³-hybridized carbons (Fsp3) is 0.250. The minimum atomic E-state index is -0.0248. The highest BCUT2D eigenvalue weighted by atomic mass is 79.9. The number of halogens is 1. The van der Waals surface area contributed by atoms with E-state index in [9.17, 15) is 0 Å². The van der Waals surface area contributed by atoms with Gasteiger partial charge in [0.15, 0.2) is 0 Å². The van der Waals surface area contributed by atoms with Crippen LogP contribution in [0.1, 0.15) is 24.9 Å². The number of hydrogen-bond acceptors (Lipinski definition) is 3. The van der Waals surface area contributed by atoms with Crippen molar-refractivity contribution in [1.82, 2.24) is 0 Å². The SMILES string of the molecule is CCC(N)c1ccccc1Oc1ccc(OC)cc1Br. The van der Waals surface area contributed by atoms with E-state index in [0.717, 1.165) is 33.7 Å². The van der Waals surface area contributed by atoms with Gasteiger partial charge in [-0.3, -0.25) is 0 Å². The molecule has 2 rings (SSSR count). The van der Waals surface area contributed by atoms with Crippen LogP contribution in [0.15, 0.2) is 46.9 Å². The maximum atomic E-state index is 6.12. The summed E-state index contributed by atoms with van der Waals surface area (Å²) in [4.78, 5) is 0. The average molecular weight is 336 g/mol. The van der Waals surface area contributed by atoms with E-state index in [1.54, 1.807) is 7.11 Å². The minimum absolute atomic E-state index is 0.0248. The molecule has 0 aromatic heterocycles. The summed E-state index contributed by atoms with van der Waals surface area (Å²) in [7, 11) is 1.64. The summed E-state index contributed by atoms with van der Waals surface area (Å²) in [5, 5.41) is 0. The molecule has 3 nitrogen and oxygen atoms in total. The molecule has 2 aromatic carbocycles. The molecule has 2 N–H and O–H groups in total. The molecule has 0 bridgehead atoms. The van der Waals surface area contributed by atoms with E-state index in [0.29, 0.717) is 0 Å². The summed E-state index contributed by atoms with van der Waals surface area (Å²) >= 11 is 3.49. The van der Waals surface area contributed by atoms with Crippen LogP contribution in [0.4, 0.5) is 0 Å². The van der Waals surface area contributed by atoms with Crippen LogP contribution in [0.3, 0.4) is 0 Å². The Balaban J connectivity index is 2.30. The van der Waals surface area contributed by atoms with Crippen LogP contribution in [0.2, 0.25) is 0 Å². The Morgan fingerprint density at radius 2 is 1.90 bits per heavy atom.